The molecular formula is C24H26FN5O4S. The van der Waals surface area contributed by atoms with Crippen LogP contribution >= 0.6 is 0 Å². The number of aryl methyl sites for hydroxylation is 1. The molecule has 1 aliphatic carbocycles. The number of sulfone groups is 1. The predicted octanol–water partition coefficient (Wildman–Crippen LogP) is 2.20. The average Bonchev–Trinajstić information content (AvgIpc) is 3.24. The van der Waals surface area contributed by atoms with E-state index in [9.17, 15) is 22.4 Å². The molecule has 2 aromatic heterocycles. The van der Waals surface area contributed by atoms with E-state index in [0.29, 0.717) is 28.9 Å². The second-order valence-electron chi connectivity index (χ2n) is 8.83. The molecule has 1 aliphatic heterocycles. The molecule has 0 bridgehead atoms. The Labute approximate surface area is 202 Å². The Kier molecular flexibility index (Phi) is 6.54. The van der Waals surface area contributed by atoms with Crippen molar-refractivity contribution < 1.29 is 17.6 Å². The van der Waals surface area contributed by atoms with Gasteiger partial charge < -0.3 is 4.90 Å². The minimum Gasteiger partial charge on any atom is -0.328 e. The zero-order valence-electron chi connectivity index (χ0n) is 19.9. The molecule has 0 fully saturated rings. The first kappa shape index (κ1) is 24.6. The van der Waals surface area contributed by atoms with Crippen LogP contribution < -0.4 is 5.56 Å². The molecule has 1 atom stereocenters. The number of nitrogens with zero attached hydrogens (tertiary/aromatic N) is 5. The van der Waals surface area contributed by atoms with Crippen molar-refractivity contribution in [2.45, 2.75) is 44.9 Å². The van der Waals surface area contributed by atoms with Gasteiger partial charge in [-0.25, -0.2) is 27.5 Å². The summed E-state index contributed by atoms with van der Waals surface area (Å²) in [4.78, 5) is 35.0. The van der Waals surface area contributed by atoms with Gasteiger partial charge in [0.1, 0.15) is 5.83 Å². The molecule has 3 heterocycles. The second-order valence-corrected chi connectivity index (χ2v) is 10.7. The summed E-state index contributed by atoms with van der Waals surface area (Å²) in [6, 6.07) is 0. The van der Waals surface area contributed by atoms with Gasteiger partial charge in [0, 0.05) is 37.2 Å². The van der Waals surface area contributed by atoms with Crippen LogP contribution in [0.25, 0.3) is 6.08 Å². The van der Waals surface area contributed by atoms with Gasteiger partial charge >= 0.3 is 0 Å². The van der Waals surface area contributed by atoms with Gasteiger partial charge in [-0.05, 0) is 44.2 Å². The van der Waals surface area contributed by atoms with Crippen LogP contribution in [-0.4, -0.2) is 45.2 Å². The molecule has 2 aromatic rings. The molecular weight excluding hydrogens is 473 g/mol. The fourth-order valence-electron chi connectivity index (χ4n) is 4.32. The van der Waals surface area contributed by atoms with E-state index >= 15 is 0 Å². The zero-order valence-corrected chi connectivity index (χ0v) is 20.8. The van der Waals surface area contributed by atoms with Crippen LogP contribution in [0, 0.1) is 12.8 Å². The van der Waals surface area contributed by atoms with Gasteiger partial charge in [0.05, 0.1) is 23.5 Å². The van der Waals surface area contributed by atoms with Gasteiger partial charge in [-0.2, -0.15) is 5.10 Å². The van der Waals surface area contributed by atoms with Gasteiger partial charge in [-0.15, -0.1) is 0 Å². The van der Waals surface area contributed by atoms with E-state index in [1.54, 1.807) is 25.3 Å². The topological polar surface area (TPSA) is 115 Å². The molecule has 0 radical (unpaired) electrons. The standard InChI is InChI=1S/C24H26FN5O4S/c1-5-6-17-14(2)20(28-29(3)22(17)31)10-15-7-8-19(25)18(9-15)23(32)30-12-16-11-26-24(35(4,33)34)27-21(16)13-30/h5-8,11,15H,9-10,12-13H2,1-4H3. The molecule has 11 heteroatoms. The summed E-state index contributed by atoms with van der Waals surface area (Å²) in [5.41, 5.74) is 2.97. The van der Waals surface area contributed by atoms with Crippen LogP contribution in [0.3, 0.4) is 0 Å². The average molecular weight is 500 g/mol. The third-order valence-electron chi connectivity index (χ3n) is 6.20. The number of allylic oxidation sites excluding steroid dienone is 4. The number of halogens is 1. The Morgan fingerprint density at radius 2 is 2.06 bits per heavy atom. The summed E-state index contributed by atoms with van der Waals surface area (Å²) in [6.45, 7) is 3.93. The maximum Gasteiger partial charge on any atom is 0.274 e. The number of hydrogen-bond acceptors (Lipinski definition) is 7. The summed E-state index contributed by atoms with van der Waals surface area (Å²) in [5, 5.41) is 4.10. The number of hydrogen-bond donors (Lipinski definition) is 0. The quantitative estimate of drug-likeness (QED) is 0.579. The number of carbonyl (C=O) groups is 1. The Hall–Kier alpha value is -3.47. The van der Waals surface area contributed by atoms with Gasteiger partial charge in [-0.3, -0.25) is 9.59 Å². The summed E-state index contributed by atoms with van der Waals surface area (Å²) in [7, 11) is -1.99. The molecule has 1 unspecified atom stereocenters. The monoisotopic (exact) mass is 499 g/mol. The predicted molar refractivity (Wildman–Crippen MR) is 127 cm³/mol. The van der Waals surface area contributed by atoms with Crippen LogP contribution in [0.4, 0.5) is 4.39 Å². The molecule has 0 spiro atoms. The van der Waals surface area contributed by atoms with Crippen LogP contribution in [-0.2, 0) is 41.2 Å². The minimum absolute atomic E-state index is 0.0535. The molecule has 2 aliphatic rings. The van der Waals surface area contributed by atoms with E-state index in [-0.39, 0.29) is 41.7 Å². The minimum atomic E-state index is -3.58. The van der Waals surface area contributed by atoms with Crippen LogP contribution in [0.2, 0.25) is 0 Å². The van der Waals surface area contributed by atoms with E-state index < -0.39 is 21.6 Å². The fraction of sp³-hybridized carbons (Fsp3) is 0.375. The molecule has 0 aromatic carbocycles. The molecule has 0 saturated heterocycles. The third kappa shape index (κ3) is 4.86. The number of fused-ring (bicyclic) bond motifs is 1. The Morgan fingerprint density at radius 3 is 2.74 bits per heavy atom. The lowest BCUT2D eigenvalue weighted by Crippen LogP contribution is -2.30. The first-order chi connectivity index (χ1) is 16.5. The van der Waals surface area contributed by atoms with E-state index in [2.05, 4.69) is 15.1 Å². The van der Waals surface area contributed by atoms with Gasteiger partial charge in [0.2, 0.25) is 15.0 Å². The summed E-state index contributed by atoms with van der Waals surface area (Å²) < 4.78 is 39.5. The fourth-order valence-corrected chi connectivity index (χ4v) is 4.84. The zero-order chi connectivity index (χ0) is 25.5. The van der Waals surface area contributed by atoms with Crippen molar-refractivity contribution in [2.24, 2.45) is 13.0 Å². The highest BCUT2D eigenvalue weighted by molar-refractivity contribution is 7.90. The Balaban J connectivity index is 1.53. The number of amides is 1. The van der Waals surface area contributed by atoms with E-state index in [1.807, 2.05) is 13.8 Å². The summed E-state index contributed by atoms with van der Waals surface area (Å²) in [6.07, 6.45) is 9.59. The van der Waals surface area contributed by atoms with Crippen molar-refractivity contribution in [2.75, 3.05) is 6.26 Å². The number of rotatable bonds is 5. The SMILES string of the molecule is CC=Cc1c(C)c(CC2C=CC(F)=C(C(=O)N3Cc4cnc(S(C)(=O)=O)nc4C3)C2)nn(C)c1=O. The first-order valence-corrected chi connectivity index (χ1v) is 13.0. The smallest absolute Gasteiger partial charge is 0.274 e. The van der Waals surface area contributed by atoms with Gasteiger partial charge in [0.25, 0.3) is 11.5 Å². The van der Waals surface area contributed by atoms with Crippen molar-refractivity contribution in [1.82, 2.24) is 24.6 Å². The van der Waals surface area contributed by atoms with Gasteiger partial charge in [-0.1, -0.05) is 18.2 Å². The number of aromatic nitrogens is 4. The number of carbonyl (C=O) groups excluding carboxylic acids is 1. The second kappa shape index (κ2) is 9.29. The molecule has 35 heavy (non-hydrogen) atoms. The van der Waals surface area contributed by atoms with E-state index in [0.717, 1.165) is 11.8 Å². The normalized spacial score (nSPS) is 18.0. The summed E-state index contributed by atoms with van der Waals surface area (Å²) in [5.74, 6) is -1.24. The molecule has 0 saturated carbocycles. The highest BCUT2D eigenvalue weighted by Gasteiger charge is 2.32. The van der Waals surface area contributed by atoms with E-state index in [1.165, 1.54) is 21.9 Å². The molecule has 9 nitrogen and oxygen atoms in total. The molecule has 1 amide bonds. The van der Waals surface area contributed by atoms with Crippen molar-refractivity contribution in [1.29, 1.82) is 0 Å². The highest BCUT2D eigenvalue weighted by atomic mass is 32.2. The van der Waals surface area contributed by atoms with Crippen LogP contribution in [0.1, 0.15) is 41.4 Å². The van der Waals surface area contributed by atoms with Crippen LogP contribution in [0.15, 0.2) is 45.8 Å². The van der Waals surface area contributed by atoms with Gasteiger partial charge in [0.15, 0.2) is 0 Å². The molecule has 4 rings (SSSR count). The lowest BCUT2D eigenvalue weighted by molar-refractivity contribution is -0.128. The lowest BCUT2D eigenvalue weighted by atomic mass is 9.88. The highest BCUT2D eigenvalue weighted by Crippen LogP contribution is 2.31. The maximum absolute atomic E-state index is 14.7. The summed E-state index contributed by atoms with van der Waals surface area (Å²) >= 11 is 0. The first-order valence-electron chi connectivity index (χ1n) is 11.1. The van der Waals surface area contributed by atoms with E-state index in [4.69, 9.17) is 0 Å². The van der Waals surface area contributed by atoms with Crippen LogP contribution in [0.5, 0.6) is 0 Å². The Morgan fingerprint density at radius 1 is 1.31 bits per heavy atom. The van der Waals surface area contributed by atoms with Crippen molar-refractivity contribution in [3.05, 3.63) is 74.3 Å². The maximum atomic E-state index is 14.7. The molecule has 0 N–H and O–H groups in total. The third-order valence-corrected chi connectivity index (χ3v) is 7.06. The lowest BCUT2D eigenvalue weighted by Gasteiger charge is -2.23. The van der Waals surface area contributed by atoms with Crippen molar-refractivity contribution >= 4 is 21.8 Å². The van der Waals surface area contributed by atoms with Crippen molar-refractivity contribution in [3.8, 4) is 0 Å². The largest absolute Gasteiger partial charge is 0.328 e. The molecule has 184 valence electrons. The van der Waals surface area contributed by atoms with Crippen molar-refractivity contribution in [3.63, 3.8) is 0 Å². The Bertz CT molecular complexity index is 1470.